The maximum absolute atomic E-state index is 13.3. The highest BCUT2D eigenvalue weighted by atomic mass is 32.1. The molecule has 6 atom stereocenters. The Morgan fingerprint density at radius 2 is 1.17 bits per heavy atom. The third-order valence-corrected chi connectivity index (χ3v) is 9.54. The van der Waals surface area contributed by atoms with Crippen LogP contribution < -0.4 is 48.5 Å². The highest BCUT2D eigenvalue weighted by Gasteiger charge is 2.34. The molecule has 2 heterocycles. The summed E-state index contributed by atoms with van der Waals surface area (Å²) in [6.45, 7) is 0.0909. The van der Waals surface area contributed by atoms with Gasteiger partial charge >= 0.3 is 29.8 Å². The molecular weight excluding hydrogens is 941 g/mol. The Hall–Kier alpha value is -8.88. The number of hydrogen-bond donors (Lipinski definition) is 15. The lowest BCUT2D eigenvalue weighted by molar-refractivity contribution is -0.144. The topological polar surface area (TPSA) is 471 Å². The molecule has 0 aliphatic carbocycles. The summed E-state index contributed by atoms with van der Waals surface area (Å²) in [6, 6.07) is -5.58. The lowest BCUT2D eigenvalue weighted by Crippen LogP contribution is -2.59. The summed E-state index contributed by atoms with van der Waals surface area (Å²) in [5.41, 5.74) is 5.77. The molecule has 69 heavy (non-hydrogen) atoms. The average molecular weight is 985 g/mol. The number of aliphatic carboxylic acids is 5. The molecule has 3 aromatic rings. The Morgan fingerprint density at radius 3 is 1.67 bits per heavy atom. The molecule has 15 N–H and O–H groups in total. The number of carboxylic acid groups (broad SMARTS) is 5. The number of carbonyl (C=O) groups is 11. The molecule has 0 saturated heterocycles. The van der Waals surface area contributed by atoms with Crippen LogP contribution >= 0.6 is 12.6 Å². The van der Waals surface area contributed by atoms with E-state index >= 15 is 0 Å². The number of nitrogens with one attached hydrogen (secondary N) is 8. The van der Waals surface area contributed by atoms with E-state index in [1.165, 1.54) is 30.5 Å². The van der Waals surface area contributed by atoms with Crippen molar-refractivity contribution in [1.82, 2.24) is 51.8 Å². The summed E-state index contributed by atoms with van der Waals surface area (Å²) in [5.74, 6) is -14.1. The van der Waals surface area contributed by atoms with Gasteiger partial charge in [-0.05, 0) is 30.7 Å². The largest absolute Gasteiger partial charge is 0.481 e. The number of hydrogen-bond acceptors (Lipinski definition) is 18. The van der Waals surface area contributed by atoms with Crippen LogP contribution in [0.25, 0.3) is 11.2 Å². The van der Waals surface area contributed by atoms with E-state index in [1.54, 1.807) is 0 Å². The van der Waals surface area contributed by atoms with E-state index in [-0.39, 0.29) is 29.2 Å². The van der Waals surface area contributed by atoms with E-state index in [9.17, 15) is 83.1 Å². The minimum atomic E-state index is -2.10. The normalized spacial score (nSPS) is 13.3. The van der Waals surface area contributed by atoms with Crippen molar-refractivity contribution in [1.29, 1.82) is 0 Å². The highest BCUT2D eigenvalue weighted by molar-refractivity contribution is 7.80. The van der Waals surface area contributed by atoms with Gasteiger partial charge in [-0.15, -0.1) is 12.3 Å². The molecule has 3 rings (SSSR count). The van der Waals surface area contributed by atoms with E-state index in [0.717, 1.165) is 0 Å². The molecule has 0 fully saturated rings. The molecule has 0 aliphatic rings. The van der Waals surface area contributed by atoms with Gasteiger partial charge in [0.05, 0.1) is 37.7 Å². The minimum Gasteiger partial charge on any atom is -0.481 e. The summed E-state index contributed by atoms with van der Waals surface area (Å²) >= 11 is 3.77. The number of amides is 6. The van der Waals surface area contributed by atoms with Crippen LogP contribution in [0.3, 0.4) is 0 Å². The quantitative estimate of drug-likeness (QED) is 0.0254. The van der Waals surface area contributed by atoms with Crippen molar-refractivity contribution in [2.24, 2.45) is 0 Å². The first kappa shape index (κ1) is 54.5. The summed E-state index contributed by atoms with van der Waals surface area (Å²) in [6.07, 6.45) is 1.29. The number of terminal acetylenes is 1. The molecule has 6 amide bonds. The van der Waals surface area contributed by atoms with Gasteiger partial charge in [-0.25, -0.2) is 19.6 Å². The van der Waals surface area contributed by atoms with Crippen LogP contribution in [0.5, 0.6) is 0 Å². The minimum absolute atomic E-state index is 0.000905. The molecular formula is C39H44N12O17S. The Kier molecular flexibility index (Phi) is 20.3. The van der Waals surface area contributed by atoms with Crippen LogP contribution in [0.2, 0.25) is 0 Å². The van der Waals surface area contributed by atoms with Gasteiger partial charge < -0.3 is 68.5 Å². The predicted molar refractivity (Wildman–Crippen MR) is 236 cm³/mol. The second-order valence-corrected chi connectivity index (χ2v) is 14.8. The smallest absolute Gasteiger partial charge is 0.327 e. The summed E-state index contributed by atoms with van der Waals surface area (Å²) in [7, 11) is 0. The van der Waals surface area contributed by atoms with E-state index in [0.29, 0.717) is 11.4 Å². The number of carbonyl (C=O) groups excluding carboxylic acids is 6. The third kappa shape index (κ3) is 17.5. The van der Waals surface area contributed by atoms with Crippen LogP contribution in [-0.2, 0) is 54.5 Å². The summed E-state index contributed by atoms with van der Waals surface area (Å²) in [4.78, 5) is 163. The fourth-order valence-electron chi connectivity index (χ4n) is 5.78. The number of H-pyrrole nitrogens is 1. The number of nitrogens with zero attached hydrogens (tertiary/aromatic N) is 3. The number of thiol groups is 1. The van der Waals surface area contributed by atoms with Crippen molar-refractivity contribution >= 4 is 101 Å². The third-order valence-electron chi connectivity index (χ3n) is 9.18. The van der Waals surface area contributed by atoms with Crippen molar-refractivity contribution < 1.29 is 78.3 Å². The standard InChI is InChI=1S/C39H44N12O17S/c1-2-3-19(32(60)47-22(11-27(55)56)34(62)48-23(12-28(57)58)35(63)49-24(15-69)38(67)68)45-33(61)21(10-26(53)54)44-25(52)9-8-20(37(65)66)46-31(59)16-4-6-17(7-5-16)41-13-18-14-42-30-29(43-18)36(64)51-39(40)50-30/h1,4-7,14,19-24,41,69H,3,8-13,15H2,(H,44,52)(H,45,61)(H,46,59)(H,47,60)(H,48,62)(H,49,63)(H,53,54)(H,55,56)(H,57,58)(H,65,66)(H,67,68)(H3,40,42,50,51,64). The van der Waals surface area contributed by atoms with Gasteiger partial charge in [0.1, 0.15) is 36.3 Å². The Balaban J connectivity index is 1.64. The molecule has 2 aromatic heterocycles. The number of carboxylic acids is 5. The van der Waals surface area contributed by atoms with Gasteiger partial charge in [-0.1, -0.05) is 0 Å². The SMILES string of the molecule is C#CCC(NC(=O)C(CC(=O)O)NC(=O)CCC(NC(=O)c1ccc(NCc2cnc3nc(N)[nH]c(=O)c3n2)cc1)C(=O)O)C(=O)NC(CC(=O)O)C(=O)NC(CC(=O)O)C(=O)NC(CS)C(=O)O. The molecule has 0 aliphatic heterocycles. The monoisotopic (exact) mass is 984 g/mol. The van der Waals surface area contributed by atoms with Crippen LogP contribution in [0.15, 0.2) is 35.3 Å². The van der Waals surface area contributed by atoms with Crippen molar-refractivity contribution in [2.45, 2.75) is 81.3 Å². The first-order valence-corrected chi connectivity index (χ1v) is 20.5. The zero-order valence-corrected chi connectivity index (χ0v) is 36.5. The predicted octanol–water partition coefficient (Wildman–Crippen LogP) is -4.24. The number of rotatable bonds is 27. The van der Waals surface area contributed by atoms with Crippen molar-refractivity contribution in [3.63, 3.8) is 0 Å². The molecule has 6 unspecified atom stereocenters. The fourth-order valence-corrected chi connectivity index (χ4v) is 6.03. The fraction of sp³-hybridized carbons (Fsp3) is 0.359. The lowest BCUT2D eigenvalue weighted by Gasteiger charge is -2.25. The second-order valence-electron chi connectivity index (χ2n) is 14.4. The van der Waals surface area contributed by atoms with Gasteiger partial charge in [-0.3, -0.25) is 52.9 Å². The Labute approximate surface area is 392 Å². The van der Waals surface area contributed by atoms with Crippen LogP contribution in [0.4, 0.5) is 11.6 Å². The van der Waals surface area contributed by atoms with Gasteiger partial charge in [0.15, 0.2) is 11.2 Å². The molecule has 1 aromatic carbocycles. The second kappa shape index (κ2) is 25.7. The molecule has 0 radical (unpaired) electrons. The summed E-state index contributed by atoms with van der Waals surface area (Å²) < 4.78 is 0. The number of nitrogens with two attached hydrogens (primary N) is 1. The number of aromatic amines is 1. The lowest BCUT2D eigenvalue weighted by atomic mass is 10.1. The van der Waals surface area contributed by atoms with E-state index in [2.05, 4.69) is 53.8 Å². The van der Waals surface area contributed by atoms with Gasteiger partial charge in [0, 0.05) is 29.8 Å². The maximum Gasteiger partial charge on any atom is 0.327 e. The summed E-state index contributed by atoms with van der Waals surface area (Å²) in [5, 5.41) is 62.4. The number of anilines is 2. The average Bonchev–Trinajstić information content (AvgIpc) is 3.27. The number of aromatic nitrogens is 4. The maximum atomic E-state index is 13.3. The molecule has 30 heteroatoms. The number of benzene rings is 1. The van der Waals surface area contributed by atoms with Crippen molar-refractivity contribution in [2.75, 3.05) is 16.8 Å². The van der Waals surface area contributed by atoms with Gasteiger partial charge in [0.2, 0.25) is 35.5 Å². The zero-order valence-electron chi connectivity index (χ0n) is 35.6. The molecule has 29 nitrogen and oxygen atoms in total. The zero-order chi connectivity index (χ0) is 51.5. The van der Waals surface area contributed by atoms with Crippen molar-refractivity contribution in [3.8, 4) is 12.3 Å². The van der Waals surface area contributed by atoms with E-state index in [4.69, 9.17) is 12.2 Å². The number of nitrogen functional groups attached to an aromatic ring is 1. The van der Waals surface area contributed by atoms with E-state index in [1.807, 2.05) is 21.9 Å². The van der Waals surface area contributed by atoms with Gasteiger partial charge in [0.25, 0.3) is 11.5 Å². The molecule has 0 spiro atoms. The Bertz CT molecular complexity index is 2590. The highest BCUT2D eigenvalue weighted by Crippen LogP contribution is 2.13. The van der Waals surface area contributed by atoms with Crippen molar-refractivity contribution in [3.05, 3.63) is 52.1 Å². The first-order valence-electron chi connectivity index (χ1n) is 19.8. The van der Waals surface area contributed by atoms with Crippen LogP contribution in [0.1, 0.15) is 54.6 Å². The van der Waals surface area contributed by atoms with Crippen LogP contribution in [-0.4, -0.2) is 153 Å². The molecule has 0 bridgehead atoms. The van der Waals surface area contributed by atoms with Gasteiger partial charge in [-0.2, -0.15) is 17.6 Å². The number of fused-ring (bicyclic) bond motifs is 1. The molecule has 368 valence electrons. The van der Waals surface area contributed by atoms with E-state index < -0.39 is 151 Å². The molecule has 0 saturated carbocycles. The Morgan fingerprint density at radius 1 is 0.681 bits per heavy atom. The van der Waals surface area contributed by atoms with Crippen LogP contribution in [0, 0.1) is 12.3 Å². The first-order chi connectivity index (χ1) is 32.5.